The van der Waals surface area contributed by atoms with E-state index in [1.807, 2.05) is 0 Å². The third-order valence-corrected chi connectivity index (χ3v) is 2.39. The Balaban J connectivity index is 2.87. The van der Waals surface area contributed by atoms with Crippen LogP contribution in [0.2, 0.25) is 0 Å². The molecule has 0 bridgehead atoms. The molecular weight excluding hydrogens is 275 g/mol. The van der Waals surface area contributed by atoms with Crippen LogP contribution in [0.25, 0.3) is 0 Å². The van der Waals surface area contributed by atoms with Gasteiger partial charge in [0, 0.05) is 0 Å². The lowest BCUT2D eigenvalue weighted by Gasteiger charge is -2.25. The van der Waals surface area contributed by atoms with Crippen molar-refractivity contribution < 1.29 is 27.4 Å². The summed E-state index contributed by atoms with van der Waals surface area (Å²) in [5.41, 5.74) is 5.06. The van der Waals surface area contributed by atoms with Gasteiger partial charge in [-0.3, -0.25) is 0 Å². The molecular formula is C13H16F3NO3. The van der Waals surface area contributed by atoms with E-state index in [2.05, 4.69) is 0 Å². The van der Waals surface area contributed by atoms with Crippen molar-refractivity contribution in [3.8, 4) is 5.75 Å². The maximum Gasteiger partial charge on any atom is 0.407 e. The third-order valence-electron chi connectivity index (χ3n) is 2.39. The van der Waals surface area contributed by atoms with E-state index in [1.165, 1.54) is 12.1 Å². The quantitative estimate of drug-likeness (QED) is 0.817. The number of hydrogen-bond donors (Lipinski definition) is 1. The molecule has 0 aromatic heterocycles. The van der Waals surface area contributed by atoms with Crippen molar-refractivity contribution in [3.63, 3.8) is 0 Å². The number of carbonyl (C=O) groups is 1. The molecule has 2 N–H and O–H groups in total. The molecule has 0 heterocycles. The predicted octanol–water partition coefficient (Wildman–Crippen LogP) is 2.28. The first-order valence-electron chi connectivity index (χ1n) is 6.07. The lowest BCUT2D eigenvalue weighted by molar-refractivity contribution is -0.183. The highest BCUT2D eigenvalue weighted by atomic mass is 19.4. The highest BCUT2D eigenvalue weighted by molar-refractivity contribution is 5.76. The number of ether oxygens (including phenoxy) is 2. The van der Waals surface area contributed by atoms with Crippen molar-refractivity contribution >= 4 is 5.97 Å². The van der Waals surface area contributed by atoms with E-state index in [0.29, 0.717) is 6.42 Å². The van der Waals surface area contributed by atoms with Gasteiger partial charge in [0.2, 0.25) is 6.10 Å². The van der Waals surface area contributed by atoms with Crippen LogP contribution in [-0.4, -0.2) is 30.9 Å². The Hall–Kier alpha value is -1.76. The van der Waals surface area contributed by atoms with Gasteiger partial charge in [-0.25, -0.2) is 4.79 Å². The van der Waals surface area contributed by atoms with Gasteiger partial charge in [-0.05, 0) is 18.6 Å². The van der Waals surface area contributed by atoms with Gasteiger partial charge in [-0.1, -0.05) is 25.1 Å². The molecule has 7 heteroatoms. The molecule has 2 atom stereocenters. The van der Waals surface area contributed by atoms with Crippen LogP contribution < -0.4 is 10.5 Å². The number of esters is 1. The standard InChI is InChI=1S/C13H16F3NO3/c1-2-8-19-12(18)10(11(17)13(14,15)16)20-9-6-4-3-5-7-9/h3-7,10-11H,2,8,17H2,1H3/t10-,11-/m0/s1. The average Bonchev–Trinajstić information content (AvgIpc) is 2.41. The van der Waals surface area contributed by atoms with Crippen molar-refractivity contribution in [2.24, 2.45) is 5.73 Å². The third kappa shape index (κ3) is 4.73. The highest BCUT2D eigenvalue weighted by Crippen LogP contribution is 2.24. The van der Waals surface area contributed by atoms with Crippen molar-refractivity contribution in [2.75, 3.05) is 6.61 Å². The maximum absolute atomic E-state index is 12.7. The van der Waals surface area contributed by atoms with Crippen LogP contribution in [0.1, 0.15) is 13.3 Å². The minimum Gasteiger partial charge on any atom is -0.477 e. The number of carbonyl (C=O) groups excluding carboxylic acids is 1. The molecule has 0 amide bonds. The van der Waals surface area contributed by atoms with Crippen LogP contribution in [0, 0.1) is 0 Å². The molecule has 0 fully saturated rings. The van der Waals surface area contributed by atoms with Gasteiger partial charge < -0.3 is 15.2 Å². The monoisotopic (exact) mass is 291 g/mol. The number of benzene rings is 1. The Morgan fingerprint density at radius 3 is 2.40 bits per heavy atom. The molecule has 0 saturated carbocycles. The lowest BCUT2D eigenvalue weighted by Crippen LogP contribution is -2.53. The van der Waals surface area contributed by atoms with E-state index < -0.39 is 24.3 Å². The number of hydrogen-bond acceptors (Lipinski definition) is 4. The fourth-order valence-electron chi connectivity index (χ4n) is 1.37. The summed E-state index contributed by atoms with van der Waals surface area (Å²) in [5.74, 6) is -1.01. The zero-order chi connectivity index (χ0) is 15.2. The molecule has 20 heavy (non-hydrogen) atoms. The van der Waals surface area contributed by atoms with E-state index in [4.69, 9.17) is 15.2 Å². The fourth-order valence-corrected chi connectivity index (χ4v) is 1.37. The summed E-state index contributed by atoms with van der Waals surface area (Å²) in [7, 11) is 0. The van der Waals surface area contributed by atoms with Crippen molar-refractivity contribution in [2.45, 2.75) is 31.7 Å². The van der Waals surface area contributed by atoms with Gasteiger partial charge in [-0.2, -0.15) is 13.2 Å². The molecule has 0 unspecified atom stereocenters. The van der Waals surface area contributed by atoms with Crippen molar-refractivity contribution in [3.05, 3.63) is 30.3 Å². The van der Waals surface area contributed by atoms with E-state index in [-0.39, 0.29) is 12.4 Å². The summed E-state index contributed by atoms with van der Waals surface area (Å²) in [6.45, 7) is 1.74. The Bertz CT molecular complexity index is 423. The summed E-state index contributed by atoms with van der Waals surface area (Å²) in [4.78, 5) is 11.7. The fraction of sp³-hybridized carbons (Fsp3) is 0.462. The van der Waals surface area contributed by atoms with Gasteiger partial charge >= 0.3 is 12.1 Å². The van der Waals surface area contributed by atoms with Crippen molar-refractivity contribution in [1.29, 1.82) is 0 Å². The van der Waals surface area contributed by atoms with Crippen LogP contribution in [-0.2, 0) is 9.53 Å². The second-order valence-electron chi connectivity index (χ2n) is 4.09. The molecule has 0 aliphatic heterocycles. The summed E-state index contributed by atoms with van der Waals surface area (Å²) < 4.78 is 47.8. The molecule has 0 aliphatic rings. The van der Waals surface area contributed by atoms with Gasteiger partial charge in [0.25, 0.3) is 0 Å². The van der Waals surface area contributed by atoms with Crippen LogP contribution in [0.15, 0.2) is 30.3 Å². The molecule has 4 nitrogen and oxygen atoms in total. The van der Waals surface area contributed by atoms with E-state index >= 15 is 0 Å². The summed E-state index contributed by atoms with van der Waals surface area (Å²) in [6, 6.07) is 5.23. The van der Waals surface area contributed by atoms with Crippen LogP contribution in [0.5, 0.6) is 5.75 Å². The van der Waals surface area contributed by atoms with E-state index in [9.17, 15) is 18.0 Å². The Kier molecular flexibility index (Phi) is 5.82. The number of nitrogens with two attached hydrogens (primary N) is 1. The predicted molar refractivity (Wildman–Crippen MR) is 66.1 cm³/mol. The van der Waals surface area contributed by atoms with Gasteiger partial charge in [0.15, 0.2) is 0 Å². The van der Waals surface area contributed by atoms with Gasteiger partial charge in [0.05, 0.1) is 6.61 Å². The molecule has 0 saturated heterocycles. The van der Waals surface area contributed by atoms with Crippen LogP contribution in [0.4, 0.5) is 13.2 Å². The Morgan fingerprint density at radius 2 is 1.90 bits per heavy atom. The van der Waals surface area contributed by atoms with E-state index in [1.54, 1.807) is 25.1 Å². The summed E-state index contributed by atoms with van der Waals surface area (Å²) in [6.07, 6.45) is -6.20. The lowest BCUT2D eigenvalue weighted by atomic mass is 10.1. The SMILES string of the molecule is CCCOC(=O)[C@@H](Oc1ccccc1)[C@H](N)C(F)(F)F. The van der Waals surface area contributed by atoms with Gasteiger partial charge in [-0.15, -0.1) is 0 Å². The smallest absolute Gasteiger partial charge is 0.407 e. The normalized spacial score (nSPS) is 14.4. The highest BCUT2D eigenvalue weighted by Gasteiger charge is 2.47. The van der Waals surface area contributed by atoms with E-state index in [0.717, 1.165) is 0 Å². The minimum atomic E-state index is -4.76. The zero-order valence-corrected chi connectivity index (χ0v) is 10.9. The first-order valence-corrected chi connectivity index (χ1v) is 6.07. The molecule has 112 valence electrons. The number of rotatable bonds is 6. The second kappa shape index (κ2) is 7.14. The van der Waals surface area contributed by atoms with Crippen LogP contribution in [0.3, 0.4) is 0 Å². The zero-order valence-electron chi connectivity index (χ0n) is 10.9. The topological polar surface area (TPSA) is 61.5 Å². The van der Waals surface area contributed by atoms with Gasteiger partial charge in [0.1, 0.15) is 11.8 Å². The first-order chi connectivity index (χ1) is 9.36. The molecule has 0 spiro atoms. The first kappa shape index (κ1) is 16.3. The summed E-state index contributed by atoms with van der Waals surface area (Å²) >= 11 is 0. The average molecular weight is 291 g/mol. The molecule has 0 aliphatic carbocycles. The number of para-hydroxylation sites is 1. The molecule has 1 aromatic carbocycles. The largest absolute Gasteiger partial charge is 0.477 e. The Morgan fingerprint density at radius 1 is 1.30 bits per heavy atom. The molecule has 1 aromatic rings. The van der Waals surface area contributed by atoms with Crippen LogP contribution >= 0.6 is 0 Å². The number of halogens is 3. The Labute approximate surface area is 114 Å². The number of alkyl halides is 3. The molecule has 0 radical (unpaired) electrons. The molecule has 1 rings (SSSR count). The summed E-state index contributed by atoms with van der Waals surface area (Å²) in [5, 5.41) is 0. The maximum atomic E-state index is 12.7. The second-order valence-corrected chi connectivity index (χ2v) is 4.09. The minimum absolute atomic E-state index is 0.0120. The van der Waals surface area contributed by atoms with Crippen molar-refractivity contribution in [1.82, 2.24) is 0 Å².